The molecule has 2 aliphatic heterocycles. The fraction of sp³-hybridized carbons (Fsp3) is 0.391. The third-order valence-corrected chi connectivity index (χ3v) is 5.99. The number of hydrogen-bond donors (Lipinski definition) is 0. The van der Waals surface area contributed by atoms with E-state index in [1.807, 2.05) is 59.2 Å². The molecule has 4 nitrogen and oxygen atoms in total. The number of benzene rings is 2. The normalized spacial score (nSPS) is 20.3. The molecule has 0 N–H and O–H groups in total. The molecule has 27 heavy (non-hydrogen) atoms. The Morgan fingerprint density at radius 2 is 1.52 bits per heavy atom. The number of likely N-dealkylation sites (tertiary alicyclic amines) is 2. The number of amides is 2. The summed E-state index contributed by atoms with van der Waals surface area (Å²) in [6.45, 7) is 4.14. The largest absolute Gasteiger partial charge is 0.339 e. The van der Waals surface area contributed by atoms with Crippen LogP contribution in [0, 0.1) is 12.8 Å². The number of aryl methyl sites for hydroxylation is 1. The van der Waals surface area contributed by atoms with Crippen molar-refractivity contribution in [1.29, 1.82) is 0 Å². The second-order valence-electron chi connectivity index (χ2n) is 7.63. The maximum atomic E-state index is 13.0. The summed E-state index contributed by atoms with van der Waals surface area (Å²) < 4.78 is 0. The van der Waals surface area contributed by atoms with Gasteiger partial charge in [0.1, 0.15) is 0 Å². The monoisotopic (exact) mass is 362 g/mol. The molecule has 4 rings (SSSR count). The van der Waals surface area contributed by atoms with Crippen LogP contribution in [0.1, 0.15) is 46.8 Å². The maximum absolute atomic E-state index is 13.0. The van der Waals surface area contributed by atoms with Gasteiger partial charge in [-0.25, -0.2) is 0 Å². The molecule has 140 valence electrons. The van der Waals surface area contributed by atoms with E-state index < -0.39 is 0 Å². The smallest absolute Gasteiger partial charge is 0.254 e. The number of rotatable bonds is 3. The second-order valence-corrected chi connectivity index (χ2v) is 7.63. The Hall–Kier alpha value is -2.62. The lowest BCUT2D eigenvalue weighted by Crippen LogP contribution is -2.50. The first kappa shape index (κ1) is 17.8. The van der Waals surface area contributed by atoms with Gasteiger partial charge in [0, 0.05) is 31.1 Å². The van der Waals surface area contributed by atoms with Crippen molar-refractivity contribution < 1.29 is 9.59 Å². The van der Waals surface area contributed by atoms with Gasteiger partial charge in [0.25, 0.3) is 5.91 Å². The molecule has 0 spiro atoms. The molecule has 0 radical (unpaired) electrons. The van der Waals surface area contributed by atoms with Crippen LogP contribution in [0.4, 0.5) is 0 Å². The summed E-state index contributed by atoms with van der Waals surface area (Å²) in [5.41, 5.74) is 3.01. The minimum atomic E-state index is 0.0393. The van der Waals surface area contributed by atoms with Gasteiger partial charge in [-0.15, -0.1) is 0 Å². The van der Waals surface area contributed by atoms with Crippen LogP contribution in [-0.4, -0.2) is 41.2 Å². The molecule has 2 aromatic carbocycles. The number of carbonyl (C=O) groups excluding carboxylic acids is 2. The average molecular weight is 362 g/mol. The zero-order chi connectivity index (χ0) is 18.8. The molecule has 1 atom stereocenters. The van der Waals surface area contributed by atoms with Crippen LogP contribution in [0.15, 0.2) is 54.6 Å². The molecule has 2 fully saturated rings. The van der Waals surface area contributed by atoms with Gasteiger partial charge >= 0.3 is 0 Å². The van der Waals surface area contributed by atoms with Gasteiger partial charge in [-0.3, -0.25) is 9.59 Å². The zero-order valence-corrected chi connectivity index (χ0v) is 15.8. The molecular weight excluding hydrogens is 336 g/mol. The lowest BCUT2D eigenvalue weighted by Gasteiger charge is -2.44. The van der Waals surface area contributed by atoms with Crippen molar-refractivity contribution in [3.63, 3.8) is 0 Å². The van der Waals surface area contributed by atoms with Crippen LogP contribution in [0.3, 0.4) is 0 Å². The molecule has 2 heterocycles. The molecular formula is C23H26N2O2. The summed E-state index contributed by atoms with van der Waals surface area (Å²) in [5.74, 6) is 0.389. The molecule has 1 unspecified atom stereocenters. The topological polar surface area (TPSA) is 40.6 Å². The van der Waals surface area contributed by atoms with E-state index in [0.29, 0.717) is 13.1 Å². The number of nitrogens with zero attached hydrogens (tertiary/aromatic N) is 2. The van der Waals surface area contributed by atoms with Crippen LogP contribution < -0.4 is 0 Å². The lowest BCUT2D eigenvalue weighted by molar-refractivity contribution is -0.145. The maximum Gasteiger partial charge on any atom is 0.254 e. The van der Waals surface area contributed by atoms with Crippen molar-refractivity contribution >= 4 is 11.8 Å². The first-order chi connectivity index (χ1) is 13.1. The third-order valence-electron chi connectivity index (χ3n) is 5.99. The Morgan fingerprint density at radius 1 is 0.852 bits per heavy atom. The zero-order valence-electron chi connectivity index (χ0n) is 15.8. The molecule has 0 saturated carbocycles. The van der Waals surface area contributed by atoms with Crippen LogP contribution in [0.2, 0.25) is 0 Å². The summed E-state index contributed by atoms with van der Waals surface area (Å²) in [6.07, 6.45) is 2.56. The molecule has 2 aromatic rings. The highest BCUT2D eigenvalue weighted by atomic mass is 16.2. The van der Waals surface area contributed by atoms with E-state index >= 15 is 0 Å². The number of hydrogen-bond acceptors (Lipinski definition) is 2. The van der Waals surface area contributed by atoms with E-state index in [1.165, 1.54) is 5.56 Å². The van der Waals surface area contributed by atoms with Crippen LogP contribution >= 0.6 is 0 Å². The van der Waals surface area contributed by atoms with Crippen molar-refractivity contribution in [3.8, 4) is 0 Å². The minimum absolute atomic E-state index is 0.0393. The van der Waals surface area contributed by atoms with Crippen LogP contribution in [0.5, 0.6) is 0 Å². The van der Waals surface area contributed by atoms with E-state index in [1.54, 1.807) is 0 Å². The van der Waals surface area contributed by atoms with Gasteiger partial charge in [0.05, 0.1) is 6.04 Å². The van der Waals surface area contributed by atoms with Crippen LogP contribution in [0.25, 0.3) is 0 Å². The van der Waals surface area contributed by atoms with Gasteiger partial charge in [-0.1, -0.05) is 48.5 Å². The first-order valence-corrected chi connectivity index (χ1v) is 9.85. The quantitative estimate of drug-likeness (QED) is 0.833. The van der Waals surface area contributed by atoms with Crippen molar-refractivity contribution in [2.45, 2.75) is 32.2 Å². The van der Waals surface area contributed by atoms with E-state index in [-0.39, 0.29) is 23.8 Å². The summed E-state index contributed by atoms with van der Waals surface area (Å²) in [6, 6.07) is 18.2. The number of piperidine rings is 1. The molecule has 0 bridgehead atoms. The molecule has 2 amide bonds. The fourth-order valence-corrected chi connectivity index (χ4v) is 4.22. The molecule has 0 aromatic heterocycles. The predicted octanol–water partition coefficient (Wildman–Crippen LogP) is 3.82. The first-order valence-electron chi connectivity index (χ1n) is 9.85. The SMILES string of the molecule is Cc1ccccc1C(=O)N1CCC(C(=O)N2CCC2c2ccccc2)CC1. The fourth-order valence-electron chi connectivity index (χ4n) is 4.22. The molecule has 2 saturated heterocycles. The summed E-state index contributed by atoms with van der Waals surface area (Å²) in [5, 5.41) is 0. The van der Waals surface area contributed by atoms with Gasteiger partial charge in [-0.2, -0.15) is 0 Å². The van der Waals surface area contributed by atoms with E-state index in [9.17, 15) is 9.59 Å². The Bertz CT molecular complexity index is 825. The van der Waals surface area contributed by atoms with E-state index in [0.717, 1.165) is 36.9 Å². The van der Waals surface area contributed by atoms with Crippen molar-refractivity contribution in [3.05, 3.63) is 71.3 Å². The lowest BCUT2D eigenvalue weighted by atomic mass is 9.89. The van der Waals surface area contributed by atoms with E-state index in [2.05, 4.69) is 12.1 Å². The average Bonchev–Trinajstić information content (AvgIpc) is 2.68. The highest BCUT2D eigenvalue weighted by molar-refractivity contribution is 5.95. The highest BCUT2D eigenvalue weighted by Gasteiger charge is 2.38. The van der Waals surface area contributed by atoms with Crippen molar-refractivity contribution in [2.75, 3.05) is 19.6 Å². The van der Waals surface area contributed by atoms with Gasteiger partial charge in [0.15, 0.2) is 0 Å². The molecule has 0 aliphatic carbocycles. The highest BCUT2D eigenvalue weighted by Crippen LogP contribution is 2.36. The van der Waals surface area contributed by atoms with Gasteiger partial charge in [0.2, 0.25) is 5.91 Å². The van der Waals surface area contributed by atoms with Crippen LogP contribution in [-0.2, 0) is 4.79 Å². The van der Waals surface area contributed by atoms with Gasteiger partial charge in [-0.05, 0) is 43.4 Å². The van der Waals surface area contributed by atoms with Gasteiger partial charge < -0.3 is 9.80 Å². The summed E-state index contributed by atoms with van der Waals surface area (Å²) in [7, 11) is 0. The number of carbonyl (C=O) groups is 2. The van der Waals surface area contributed by atoms with Crippen molar-refractivity contribution in [2.24, 2.45) is 5.92 Å². The third kappa shape index (κ3) is 3.48. The second kappa shape index (κ2) is 7.55. The summed E-state index contributed by atoms with van der Waals surface area (Å²) in [4.78, 5) is 29.7. The summed E-state index contributed by atoms with van der Waals surface area (Å²) >= 11 is 0. The Morgan fingerprint density at radius 3 is 2.15 bits per heavy atom. The Kier molecular flexibility index (Phi) is 4.97. The molecule has 2 aliphatic rings. The molecule has 4 heteroatoms. The Labute approximate surface area is 160 Å². The Balaban J connectivity index is 1.36. The standard InChI is InChI=1S/C23H26N2O2/c1-17-7-5-6-10-20(17)23(27)24-14-11-19(12-15-24)22(26)25-16-13-21(25)18-8-3-2-4-9-18/h2-10,19,21H,11-16H2,1H3. The minimum Gasteiger partial charge on any atom is -0.339 e. The van der Waals surface area contributed by atoms with Crippen molar-refractivity contribution in [1.82, 2.24) is 9.80 Å². The van der Waals surface area contributed by atoms with E-state index in [4.69, 9.17) is 0 Å². The predicted molar refractivity (Wildman–Crippen MR) is 105 cm³/mol.